The number of carbonyl (C=O) groups excluding carboxylic acids is 1. The SMILES string of the molecule is COC1CC(OCC2OC(OCC3OC(OC4CCC5(C)C(CCC6C5CCC5(C)C(C7=CC(=O)OC7)CCC65O)C4)C(O)C(O)C3O)C(O)C(O)C2O)OC(C)C1O. The summed E-state index contributed by atoms with van der Waals surface area (Å²) in [6.45, 7) is 5.86. The van der Waals surface area contributed by atoms with E-state index in [2.05, 4.69) is 13.8 Å². The van der Waals surface area contributed by atoms with E-state index < -0.39 is 98.2 Å². The standard InChI is InChI=1S/C42H66O17/c1-19-31(44)26(52-4)15-30(56-19)54-17-27-32(45)34(47)36(49)38(58-27)55-18-28-33(46)35(48)37(50)39(59-28)57-22-7-10-40(2)21(14-22)5-6-25-24(40)8-11-41(3)23(9-12-42(25,41)51)20-13-29(43)53-16-20/h13,19,21-28,30-39,44-51H,5-12,14-18H2,1-4H3. The van der Waals surface area contributed by atoms with Crippen molar-refractivity contribution in [3.05, 3.63) is 11.6 Å². The van der Waals surface area contributed by atoms with E-state index in [0.29, 0.717) is 37.7 Å². The van der Waals surface area contributed by atoms with Crippen LogP contribution in [0.15, 0.2) is 11.6 Å². The summed E-state index contributed by atoms with van der Waals surface area (Å²) in [7, 11) is 1.47. The largest absolute Gasteiger partial charge is 0.458 e. The summed E-state index contributed by atoms with van der Waals surface area (Å²) in [5.74, 6) is 0.615. The summed E-state index contributed by atoms with van der Waals surface area (Å²) in [5, 5.41) is 87.7. The molecule has 8 rings (SSSR count). The van der Waals surface area contributed by atoms with Crippen molar-refractivity contribution in [2.75, 3.05) is 26.9 Å². The van der Waals surface area contributed by atoms with Gasteiger partial charge in [-0.25, -0.2) is 4.79 Å². The number of rotatable bonds is 10. The number of methoxy groups -OCH3 is 1. The molecule has 0 aromatic rings. The molecule has 22 atom stereocenters. The summed E-state index contributed by atoms with van der Waals surface area (Å²) in [5.41, 5.74) is -0.156. The van der Waals surface area contributed by atoms with Gasteiger partial charge in [-0.05, 0) is 99.4 Å². The van der Waals surface area contributed by atoms with Crippen LogP contribution in [0.3, 0.4) is 0 Å². The van der Waals surface area contributed by atoms with E-state index in [9.17, 15) is 45.6 Å². The van der Waals surface area contributed by atoms with Crippen molar-refractivity contribution < 1.29 is 83.5 Å². The molecular weight excluding hydrogens is 776 g/mol. The van der Waals surface area contributed by atoms with Crippen LogP contribution in [0.4, 0.5) is 0 Å². The van der Waals surface area contributed by atoms with Crippen LogP contribution in [0.25, 0.3) is 0 Å². The van der Waals surface area contributed by atoms with E-state index in [1.807, 2.05) is 0 Å². The van der Waals surface area contributed by atoms with Gasteiger partial charge in [0.25, 0.3) is 0 Å². The smallest absolute Gasteiger partial charge is 0.331 e. The molecule has 0 spiro atoms. The van der Waals surface area contributed by atoms with Gasteiger partial charge in [-0.1, -0.05) is 13.8 Å². The molecule has 0 aromatic carbocycles. The second-order valence-electron chi connectivity index (χ2n) is 19.3. The molecule has 4 heterocycles. The minimum absolute atomic E-state index is 0.0275. The Bertz CT molecular complexity index is 1530. The van der Waals surface area contributed by atoms with Crippen LogP contribution in [0.5, 0.6) is 0 Å². The summed E-state index contributed by atoms with van der Waals surface area (Å²) in [6, 6.07) is 0. The summed E-state index contributed by atoms with van der Waals surface area (Å²) in [4.78, 5) is 11.9. The maximum absolute atomic E-state index is 12.6. The first-order valence-corrected chi connectivity index (χ1v) is 21.7. The number of hydrogen-bond acceptors (Lipinski definition) is 17. The second-order valence-corrected chi connectivity index (χ2v) is 19.3. The Balaban J connectivity index is 0.861. The van der Waals surface area contributed by atoms with Crippen molar-refractivity contribution in [2.45, 2.75) is 183 Å². The lowest BCUT2D eigenvalue weighted by molar-refractivity contribution is -0.342. The minimum atomic E-state index is -1.69. The molecule has 4 aliphatic heterocycles. The Kier molecular flexibility index (Phi) is 12.7. The van der Waals surface area contributed by atoms with Gasteiger partial charge in [-0.3, -0.25) is 0 Å². The highest BCUT2D eigenvalue weighted by atomic mass is 16.7. The van der Waals surface area contributed by atoms with Crippen molar-refractivity contribution in [2.24, 2.45) is 34.5 Å². The first-order chi connectivity index (χ1) is 28.0. The number of esters is 1. The number of ether oxygens (including phenoxy) is 8. The molecule has 336 valence electrons. The molecule has 0 amide bonds. The molecule has 8 N–H and O–H groups in total. The lowest BCUT2D eigenvalue weighted by atomic mass is 9.43. The van der Waals surface area contributed by atoms with E-state index >= 15 is 0 Å². The Hall–Kier alpha value is -1.39. The van der Waals surface area contributed by atoms with E-state index in [-0.39, 0.29) is 47.8 Å². The number of cyclic esters (lactones) is 1. The highest BCUT2D eigenvalue weighted by Gasteiger charge is 2.68. The molecule has 17 nitrogen and oxygen atoms in total. The van der Waals surface area contributed by atoms with E-state index in [0.717, 1.165) is 44.1 Å². The zero-order chi connectivity index (χ0) is 42.2. The van der Waals surface area contributed by atoms with Crippen LogP contribution in [0.1, 0.15) is 85.0 Å². The highest BCUT2D eigenvalue weighted by Crippen LogP contribution is 2.70. The molecule has 8 aliphatic rings. The van der Waals surface area contributed by atoms with Gasteiger partial charge in [0.2, 0.25) is 0 Å². The first-order valence-electron chi connectivity index (χ1n) is 21.7. The number of aliphatic hydroxyl groups is 8. The van der Waals surface area contributed by atoms with E-state index in [1.54, 1.807) is 13.0 Å². The maximum Gasteiger partial charge on any atom is 0.331 e. The van der Waals surface area contributed by atoms with Gasteiger partial charge in [0.1, 0.15) is 61.5 Å². The summed E-state index contributed by atoms with van der Waals surface area (Å²) < 4.78 is 46.1. The average molecular weight is 843 g/mol. The van der Waals surface area contributed by atoms with Gasteiger partial charge in [0, 0.05) is 25.0 Å². The Labute approximate surface area is 344 Å². The Morgan fingerprint density at radius 3 is 2.08 bits per heavy atom. The number of hydrogen-bond donors (Lipinski definition) is 8. The van der Waals surface area contributed by atoms with Crippen LogP contribution >= 0.6 is 0 Å². The molecule has 7 fully saturated rings. The molecule has 22 unspecified atom stereocenters. The highest BCUT2D eigenvalue weighted by molar-refractivity contribution is 5.85. The number of fused-ring (bicyclic) bond motifs is 5. The van der Waals surface area contributed by atoms with Gasteiger partial charge in [-0.15, -0.1) is 0 Å². The number of aliphatic hydroxyl groups excluding tert-OH is 7. The summed E-state index contributed by atoms with van der Waals surface area (Å²) >= 11 is 0. The van der Waals surface area contributed by atoms with Crippen molar-refractivity contribution in [3.63, 3.8) is 0 Å². The van der Waals surface area contributed by atoms with Crippen molar-refractivity contribution >= 4 is 5.97 Å². The molecule has 3 saturated heterocycles. The minimum Gasteiger partial charge on any atom is -0.458 e. The van der Waals surface area contributed by atoms with Crippen LogP contribution in [-0.4, -0.2) is 171 Å². The van der Waals surface area contributed by atoms with Crippen molar-refractivity contribution in [3.8, 4) is 0 Å². The van der Waals surface area contributed by atoms with Gasteiger partial charge in [0.15, 0.2) is 18.9 Å². The fourth-order valence-corrected chi connectivity index (χ4v) is 12.8. The summed E-state index contributed by atoms with van der Waals surface area (Å²) in [6.07, 6.45) is -8.63. The monoisotopic (exact) mass is 842 g/mol. The topological polar surface area (TPSA) is 253 Å². The Morgan fingerprint density at radius 1 is 0.729 bits per heavy atom. The van der Waals surface area contributed by atoms with E-state index in [1.165, 1.54) is 7.11 Å². The average Bonchev–Trinajstić information content (AvgIpc) is 3.77. The molecular formula is C42H66O17. The van der Waals surface area contributed by atoms with Crippen molar-refractivity contribution in [1.29, 1.82) is 0 Å². The predicted octanol–water partition coefficient (Wildman–Crippen LogP) is -0.212. The quantitative estimate of drug-likeness (QED) is 0.105. The maximum atomic E-state index is 12.6. The van der Waals surface area contributed by atoms with Gasteiger partial charge >= 0.3 is 5.97 Å². The molecule has 0 aromatic heterocycles. The van der Waals surface area contributed by atoms with Gasteiger partial charge in [-0.2, -0.15) is 0 Å². The second kappa shape index (κ2) is 17.0. The third-order valence-electron chi connectivity index (χ3n) is 16.4. The van der Waals surface area contributed by atoms with Crippen LogP contribution < -0.4 is 0 Å². The van der Waals surface area contributed by atoms with Gasteiger partial charge in [0.05, 0.1) is 37.1 Å². The molecule has 4 aliphatic carbocycles. The zero-order valence-corrected chi connectivity index (χ0v) is 34.5. The fourth-order valence-electron chi connectivity index (χ4n) is 12.8. The molecule has 17 heteroatoms. The molecule has 59 heavy (non-hydrogen) atoms. The lowest BCUT2D eigenvalue weighted by Gasteiger charge is -2.64. The van der Waals surface area contributed by atoms with Gasteiger partial charge < -0.3 is 78.7 Å². The molecule has 0 radical (unpaired) electrons. The molecule has 4 saturated carbocycles. The number of carbonyl (C=O) groups is 1. The fraction of sp³-hybridized carbons (Fsp3) is 0.929. The normalized spacial score (nSPS) is 53.9. The molecule has 0 bridgehead atoms. The lowest BCUT2D eigenvalue weighted by Crippen LogP contribution is -2.63. The van der Waals surface area contributed by atoms with Crippen LogP contribution in [0.2, 0.25) is 0 Å². The third kappa shape index (κ3) is 7.75. The van der Waals surface area contributed by atoms with Crippen molar-refractivity contribution in [1.82, 2.24) is 0 Å². The predicted molar refractivity (Wildman–Crippen MR) is 202 cm³/mol. The first kappa shape index (κ1) is 44.2. The zero-order valence-electron chi connectivity index (χ0n) is 34.5. The third-order valence-corrected chi connectivity index (χ3v) is 16.4. The van der Waals surface area contributed by atoms with Crippen LogP contribution in [-0.2, 0) is 42.7 Å². The Morgan fingerprint density at radius 2 is 1.41 bits per heavy atom. The van der Waals surface area contributed by atoms with Crippen LogP contribution in [0, 0.1) is 34.5 Å². The van der Waals surface area contributed by atoms with E-state index in [4.69, 9.17) is 37.9 Å².